The molecule has 0 fully saturated rings. The summed E-state index contributed by atoms with van der Waals surface area (Å²) in [6, 6.07) is 6.83. The van der Waals surface area contributed by atoms with Crippen molar-refractivity contribution in [2.75, 3.05) is 6.54 Å². The molecule has 100 valence electrons. The smallest absolute Gasteiger partial charge is 0.146 e. The average molecular weight is 259 g/mol. The number of aromatic nitrogens is 2. The molecular formula is C15H18FN3. The summed E-state index contributed by atoms with van der Waals surface area (Å²) in [5.74, 6) is -0.264. The van der Waals surface area contributed by atoms with Crippen molar-refractivity contribution < 1.29 is 4.39 Å². The van der Waals surface area contributed by atoms with Crippen molar-refractivity contribution in [1.29, 1.82) is 0 Å². The molecule has 0 bridgehead atoms. The van der Waals surface area contributed by atoms with Gasteiger partial charge in [-0.25, -0.2) is 4.39 Å². The topological polar surface area (TPSA) is 37.8 Å². The molecule has 2 aromatic heterocycles. The molecule has 0 spiro atoms. The number of pyridine rings is 2. The molecule has 0 aliphatic rings. The van der Waals surface area contributed by atoms with Crippen LogP contribution in [0.15, 0.2) is 42.9 Å². The van der Waals surface area contributed by atoms with Crippen LogP contribution < -0.4 is 5.32 Å². The molecule has 3 nitrogen and oxygen atoms in total. The zero-order valence-corrected chi connectivity index (χ0v) is 11.0. The maximum absolute atomic E-state index is 13.9. The zero-order chi connectivity index (χ0) is 13.5. The Morgan fingerprint density at radius 1 is 1.26 bits per heavy atom. The second-order valence-corrected chi connectivity index (χ2v) is 4.44. The summed E-state index contributed by atoms with van der Waals surface area (Å²) in [5.41, 5.74) is 1.54. The van der Waals surface area contributed by atoms with E-state index in [9.17, 15) is 4.39 Å². The lowest BCUT2D eigenvalue weighted by molar-refractivity contribution is 0.482. The van der Waals surface area contributed by atoms with E-state index >= 15 is 0 Å². The summed E-state index contributed by atoms with van der Waals surface area (Å²) in [4.78, 5) is 8.26. The maximum atomic E-state index is 13.9. The van der Waals surface area contributed by atoms with Crippen LogP contribution in [0.1, 0.15) is 30.6 Å². The van der Waals surface area contributed by atoms with Crippen LogP contribution in [-0.2, 0) is 6.42 Å². The Labute approximate surface area is 112 Å². The van der Waals surface area contributed by atoms with Gasteiger partial charge in [0.25, 0.3) is 0 Å². The van der Waals surface area contributed by atoms with Crippen molar-refractivity contribution in [2.45, 2.75) is 25.8 Å². The van der Waals surface area contributed by atoms with E-state index in [1.807, 2.05) is 18.3 Å². The summed E-state index contributed by atoms with van der Waals surface area (Å²) >= 11 is 0. The maximum Gasteiger partial charge on any atom is 0.146 e. The molecular weight excluding hydrogens is 241 g/mol. The monoisotopic (exact) mass is 259 g/mol. The standard InChI is InChI=1S/C15H18FN3/c1-2-7-18-14(10-12-5-3-8-17-11-12)15-13(16)6-4-9-19-15/h3-6,8-9,11,14,18H,2,7,10H2,1H3. The van der Waals surface area contributed by atoms with Gasteiger partial charge in [-0.05, 0) is 43.1 Å². The summed E-state index contributed by atoms with van der Waals surface area (Å²) in [7, 11) is 0. The lowest BCUT2D eigenvalue weighted by Crippen LogP contribution is -2.26. The zero-order valence-electron chi connectivity index (χ0n) is 11.0. The van der Waals surface area contributed by atoms with Crippen LogP contribution in [0.5, 0.6) is 0 Å². The van der Waals surface area contributed by atoms with E-state index in [0.717, 1.165) is 18.5 Å². The van der Waals surface area contributed by atoms with Gasteiger partial charge in [0.2, 0.25) is 0 Å². The molecule has 2 rings (SSSR count). The summed E-state index contributed by atoms with van der Waals surface area (Å²) in [6.07, 6.45) is 6.85. The summed E-state index contributed by atoms with van der Waals surface area (Å²) < 4.78 is 13.9. The first kappa shape index (κ1) is 13.6. The quantitative estimate of drug-likeness (QED) is 0.866. The third kappa shape index (κ3) is 3.83. The molecule has 1 unspecified atom stereocenters. The highest BCUT2D eigenvalue weighted by molar-refractivity contribution is 5.17. The molecule has 0 aliphatic carbocycles. The highest BCUT2D eigenvalue weighted by atomic mass is 19.1. The Kier molecular flexibility index (Phi) is 4.98. The van der Waals surface area contributed by atoms with Gasteiger partial charge < -0.3 is 5.32 Å². The van der Waals surface area contributed by atoms with E-state index in [1.54, 1.807) is 18.5 Å². The molecule has 1 atom stereocenters. The molecule has 0 saturated heterocycles. The highest BCUT2D eigenvalue weighted by Crippen LogP contribution is 2.18. The van der Waals surface area contributed by atoms with E-state index in [0.29, 0.717) is 12.1 Å². The van der Waals surface area contributed by atoms with Gasteiger partial charge in [-0.2, -0.15) is 0 Å². The molecule has 2 heterocycles. The van der Waals surface area contributed by atoms with Crippen LogP contribution in [0.25, 0.3) is 0 Å². The van der Waals surface area contributed by atoms with Gasteiger partial charge in [-0.15, -0.1) is 0 Å². The number of halogens is 1. The van der Waals surface area contributed by atoms with Gasteiger partial charge in [0, 0.05) is 18.6 Å². The van der Waals surface area contributed by atoms with E-state index in [-0.39, 0.29) is 11.9 Å². The second kappa shape index (κ2) is 6.95. The Balaban J connectivity index is 2.19. The van der Waals surface area contributed by atoms with Crippen LogP contribution >= 0.6 is 0 Å². The van der Waals surface area contributed by atoms with Crippen LogP contribution in [0.4, 0.5) is 4.39 Å². The SMILES string of the molecule is CCCNC(Cc1cccnc1)c1ncccc1F. The first-order valence-electron chi connectivity index (χ1n) is 6.54. The Morgan fingerprint density at radius 2 is 2.11 bits per heavy atom. The minimum absolute atomic E-state index is 0.120. The third-order valence-electron chi connectivity index (χ3n) is 2.92. The molecule has 2 aromatic rings. The third-order valence-corrected chi connectivity index (χ3v) is 2.92. The van der Waals surface area contributed by atoms with Crippen LogP contribution in [0.3, 0.4) is 0 Å². The second-order valence-electron chi connectivity index (χ2n) is 4.44. The first-order valence-corrected chi connectivity index (χ1v) is 6.54. The predicted octanol–water partition coefficient (Wildman–Crippen LogP) is 2.90. The van der Waals surface area contributed by atoms with Gasteiger partial charge in [-0.1, -0.05) is 13.0 Å². The first-order chi connectivity index (χ1) is 9.31. The van der Waals surface area contributed by atoms with E-state index in [1.165, 1.54) is 6.07 Å². The number of nitrogens with one attached hydrogen (secondary N) is 1. The van der Waals surface area contributed by atoms with E-state index < -0.39 is 0 Å². The van der Waals surface area contributed by atoms with Crippen LogP contribution in [0.2, 0.25) is 0 Å². The van der Waals surface area contributed by atoms with Crippen molar-refractivity contribution in [1.82, 2.24) is 15.3 Å². The lowest BCUT2D eigenvalue weighted by Gasteiger charge is -2.18. The Bertz CT molecular complexity index is 502. The number of nitrogens with zero attached hydrogens (tertiary/aromatic N) is 2. The molecule has 0 saturated carbocycles. The lowest BCUT2D eigenvalue weighted by atomic mass is 10.0. The fraction of sp³-hybridized carbons (Fsp3) is 0.333. The van der Waals surface area contributed by atoms with Gasteiger partial charge in [0.1, 0.15) is 5.82 Å². The van der Waals surface area contributed by atoms with Crippen molar-refractivity contribution in [3.05, 3.63) is 59.9 Å². The van der Waals surface area contributed by atoms with Crippen molar-refractivity contribution >= 4 is 0 Å². The normalized spacial score (nSPS) is 12.3. The summed E-state index contributed by atoms with van der Waals surface area (Å²) in [6.45, 7) is 2.92. The molecule has 0 aromatic carbocycles. The minimum atomic E-state index is -0.264. The molecule has 1 N–H and O–H groups in total. The van der Waals surface area contributed by atoms with Crippen LogP contribution in [0, 0.1) is 5.82 Å². The highest BCUT2D eigenvalue weighted by Gasteiger charge is 2.16. The Morgan fingerprint density at radius 3 is 2.79 bits per heavy atom. The van der Waals surface area contributed by atoms with E-state index in [2.05, 4.69) is 22.2 Å². The molecule has 0 aliphatic heterocycles. The number of hydrogen-bond donors (Lipinski definition) is 1. The van der Waals surface area contributed by atoms with Gasteiger partial charge in [0.15, 0.2) is 0 Å². The van der Waals surface area contributed by atoms with Crippen molar-refractivity contribution in [3.8, 4) is 0 Å². The van der Waals surface area contributed by atoms with Crippen molar-refractivity contribution in [3.63, 3.8) is 0 Å². The molecule has 0 amide bonds. The molecule has 4 heteroatoms. The number of rotatable bonds is 6. The van der Waals surface area contributed by atoms with Crippen molar-refractivity contribution in [2.24, 2.45) is 0 Å². The number of hydrogen-bond acceptors (Lipinski definition) is 3. The van der Waals surface area contributed by atoms with Gasteiger partial charge in [-0.3, -0.25) is 9.97 Å². The Hall–Kier alpha value is -1.81. The van der Waals surface area contributed by atoms with Gasteiger partial charge >= 0.3 is 0 Å². The van der Waals surface area contributed by atoms with Gasteiger partial charge in [0.05, 0.1) is 11.7 Å². The summed E-state index contributed by atoms with van der Waals surface area (Å²) in [5, 5.41) is 3.34. The minimum Gasteiger partial charge on any atom is -0.308 e. The fourth-order valence-corrected chi connectivity index (χ4v) is 1.99. The predicted molar refractivity (Wildman–Crippen MR) is 73.2 cm³/mol. The van der Waals surface area contributed by atoms with E-state index in [4.69, 9.17) is 0 Å². The molecule has 19 heavy (non-hydrogen) atoms. The fourth-order valence-electron chi connectivity index (χ4n) is 1.99. The molecule has 0 radical (unpaired) electrons. The van der Waals surface area contributed by atoms with Crippen LogP contribution in [-0.4, -0.2) is 16.5 Å². The average Bonchev–Trinajstić information content (AvgIpc) is 2.45. The largest absolute Gasteiger partial charge is 0.308 e.